The number of fused-ring (bicyclic) bond motifs is 1. The molecule has 0 fully saturated rings. The largest absolute Gasteiger partial charge is 0.277 e. The quantitative estimate of drug-likeness (QED) is 0.752. The van der Waals surface area contributed by atoms with Gasteiger partial charge < -0.3 is 0 Å². The molecular formula is C9H10ClN3OS. The van der Waals surface area contributed by atoms with E-state index in [4.69, 9.17) is 11.6 Å². The van der Waals surface area contributed by atoms with Crippen molar-refractivity contribution in [3.63, 3.8) is 0 Å². The maximum absolute atomic E-state index is 11.6. The Bertz CT molecular complexity index is 560. The van der Waals surface area contributed by atoms with Gasteiger partial charge in [-0.3, -0.25) is 4.79 Å². The molecule has 0 aliphatic heterocycles. The van der Waals surface area contributed by atoms with E-state index in [1.165, 1.54) is 11.3 Å². The van der Waals surface area contributed by atoms with E-state index in [2.05, 4.69) is 10.1 Å². The van der Waals surface area contributed by atoms with Gasteiger partial charge in [-0.05, 0) is 20.3 Å². The molecule has 0 aromatic carbocycles. The second-order valence-corrected chi connectivity index (χ2v) is 4.77. The third-order valence-electron chi connectivity index (χ3n) is 2.22. The van der Waals surface area contributed by atoms with Gasteiger partial charge in [0, 0.05) is 11.4 Å². The van der Waals surface area contributed by atoms with Crippen LogP contribution in [0.3, 0.4) is 0 Å². The summed E-state index contributed by atoms with van der Waals surface area (Å²) in [6.45, 7) is 3.77. The van der Waals surface area contributed by atoms with Crippen LogP contribution in [0.5, 0.6) is 0 Å². The molecule has 0 saturated carbocycles. The second kappa shape index (κ2) is 3.90. The third kappa shape index (κ3) is 1.77. The highest BCUT2D eigenvalue weighted by Gasteiger charge is 2.11. The zero-order valence-corrected chi connectivity index (χ0v) is 10.0. The monoisotopic (exact) mass is 243 g/mol. The van der Waals surface area contributed by atoms with Crippen molar-refractivity contribution in [2.45, 2.75) is 20.3 Å². The molecule has 6 heteroatoms. The minimum absolute atomic E-state index is 0.184. The van der Waals surface area contributed by atoms with E-state index < -0.39 is 0 Å². The predicted octanol–water partition coefficient (Wildman–Crippen LogP) is 1.55. The molecule has 0 radical (unpaired) electrons. The van der Waals surface area contributed by atoms with Crippen LogP contribution in [0.15, 0.2) is 4.79 Å². The minimum Gasteiger partial charge on any atom is -0.267 e. The third-order valence-corrected chi connectivity index (χ3v) is 3.23. The van der Waals surface area contributed by atoms with Crippen molar-refractivity contribution in [1.29, 1.82) is 0 Å². The smallest absolute Gasteiger partial charge is 0.267 e. The number of hydrogen-bond donors (Lipinski definition) is 0. The lowest BCUT2D eigenvalue weighted by atomic mass is 10.2. The van der Waals surface area contributed by atoms with Gasteiger partial charge in [-0.25, -0.2) is 4.52 Å². The summed E-state index contributed by atoms with van der Waals surface area (Å²) in [6, 6.07) is 0. The van der Waals surface area contributed by atoms with E-state index in [-0.39, 0.29) is 5.56 Å². The average molecular weight is 244 g/mol. The van der Waals surface area contributed by atoms with Crippen LogP contribution in [0, 0.1) is 13.8 Å². The van der Waals surface area contributed by atoms with Crippen molar-refractivity contribution < 1.29 is 0 Å². The first-order chi connectivity index (χ1) is 7.13. The number of nitrogens with zero attached hydrogens (tertiary/aromatic N) is 3. The highest BCUT2D eigenvalue weighted by Crippen LogP contribution is 2.13. The lowest BCUT2D eigenvalue weighted by Crippen LogP contribution is -2.18. The van der Waals surface area contributed by atoms with Crippen LogP contribution < -0.4 is 5.56 Å². The van der Waals surface area contributed by atoms with Crippen LogP contribution in [-0.4, -0.2) is 20.5 Å². The van der Waals surface area contributed by atoms with Gasteiger partial charge in [0.05, 0.1) is 5.69 Å². The Kier molecular flexibility index (Phi) is 2.75. The van der Waals surface area contributed by atoms with Crippen LogP contribution in [0.1, 0.15) is 16.3 Å². The van der Waals surface area contributed by atoms with E-state index in [0.29, 0.717) is 22.8 Å². The molecule has 0 spiro atoms. The maximum Gasteiger partial charge on any atom is 0.277 e. The molecule has 0 N–H and O–H groups in total. The molecule has 0 amide bonds. The molecule has 2 aromatic heterocycles. The fourth-order valence-corrected chi connectivity index (χ4v) is 2.46. The van der Waals surface area contributed by atoms with Crippen molar-refractivity contribution >= 4 is 27.9 Å². The standard InChI is InChI=1S/C9H10ClN3OS/c1-5-7(3-4-10)8(14)11-9-13(5)12-6(2)15-9/h3-4H2,1-2H3. The van der Waals surface area contributed by atoms with E-state index in [1.807, 2.05) is 13.8 Å². The van der Waals surface area contributed by atoms with E-state index in [0.717, 1.165) is 10.7 Å². The van der Waals surface area contributed by atoms with Crippen molar-refractivity contribution in [3.05, 3.63) is 26.6 Å². The van der Waals surface area contributed by atoms with E-state index in [9.17, 15) is 4.79 Å². The summed E-state index contributed by atoms with van der Waals surface area (Å²) in [5.41, 5.74) is 1.32. The fourth-order valence-electron chi connectivity index (χ4n) is 1.49. The Hall–Kier alpha value is -0.940. The topological polar surface area (TPSA) is 47.3 Å². The molecule has 2 heterocycles. The van der Waals surface area contributed by atoms with Gasteiger partial charge in [0.25, 0.3) is 5.56 Å². The summed E-state index contributed by atoms with van der Waals surface area (Å²) in [7, 11) is 0. The Labute approximate surface area is 95.5 Å². The van der Waals surface area contributed by atoms with Crippen molar-refractivity contribution in [3.8, 4) is 0 Å². The molecule has 4 nitrogen and oxygen atoms in total. The number of alkyl halides is 1. The summed E-state index contributed by atoms with van der Waals surface area (Å²) >= 11 is 7.06. The van der Waals surface area contributed by atoms with Gasteiger partial charge in [-0.15, -0.1) is 11.6 Å². The fraction of sp³-hybridized carbons (Fsp3) is 0.444. The van der Waals surface area contributed by atoms with Crippen LogP contribution >= 0.6 is 22.9 Å². The minimum atomic E-state index is -0.184. The molecule has 0 saturated heterocycles. The van der Waals surface area contributed by atoms with Crippen molar-refractivity contribution in [2.75, 3.05) is 5.88 Å². The first-order valence-corrected chi connectivity index (χ1v) is 5.90. The number of rotatable bonds is 2. The van der Waals surface area contributed by atoms with Crippen LogP contribution in [0.25, 0.3) is 4.96 Å². The molecular weight excluding hydrogens is 234 g/mol. The number of aromatic nitrogens is 3. The summed E-state index contributed by atoms with van der Waals surface area (Å²) in [5.74, 6) is 0.424. The molecule has 0 aliphatic carbocycles. The molecule has 0 unspecified atom stereocenters. The van der Waals surface area contributed by atoms with Gasteiger partial charge in [0.15, 0.2) is 0 Å². The van der Waals surface area contributed by atoms with Gasteiger partial charge in [0.1, 0.15) is 5.01 Å². The molecule has 0 aliphatic rings. The lowest BCUT2D eigenvalue weighted by Gasteiger charge is -2.02. The molecule has 0 atom stereocenters. The van der Waals surface area contributed by atoms with Gasteiger partial charge >= 0.3 is 0 Å². The van der Waals surface area contributed by atoms with Gasteiger partial charge in [-0.1, -0.05) is 11.3 Å². The molecule has 80 valence electrons. The Balaban J connectivity index is 2.77. The molecule has 0 bridgehead atoms. The van der Waals surface area contributed by atoms with Crippen molar-refractivity contribution in [1.82, 2.24) is 14.6 Å². The Morgan fingerprint density at radius 1 is 1.47 bits per heavy atom. The normalized spacial score (nSPS) is 11.1. The van der Waals surface area contributed by atoms with Crippen molar-refractivity contribution in [2.24, 2.45) is 0 Å². The number of aryl methyl sites for hydroxylation is 2. The highest BCUT2D eigenvalue weighted by molar-refractivity contribution is 7.16. The summed E-state index contributed by atoms with van der Waals surface area (Å²) < 4.78 is 1.71. The maximum atomic E-state index is 11.6. The average Bonchev–Trinajstić information content (AvgIpc) is 2.53. The summed E-state index contributed by atoms with van der Waals surface area (Å²) in [5, 5.41) is 5.18. The lowest BCUT2D eigenvalue weighted by molar-refractivity contribution is 0.841. The van der Waals surface area contributed by atoms with Crippen LogP contribution in [0.2, 0.25) is 0 Å². The van der Waals surface area contributed by atoms with Gasteiger partial charge in [-0.2, -0.15) is 10.1 Å². The summed E-state index contributed by atoms with van der Waals surface area (Å²) in [6.07, 6.45) is 0.540. The number of hydrogen-bond acceptors (Lipinski definition) is 4. The first kappa shape index (κ1) is 10.6. The second-order valence-electron chi connectivity index (χ2n) is 3.24. The predicted molar refractivity (Wildman–Crippen MR) is 61.0 cm³/mol. The molecule has 2 aromatic rings. The van der Waals surface area contributed by atoms with E-state index >= 15 is 0 Å². The Morgan fingerprint density at radius 2 is 2.20 bits per heavy atom. The Morgan fingerprint density at radius 3 is 2.87 bits per heavy atom. The molecule has 2 rings (SSSR count). The summed E-state index contributed by atoms with van der Waals surface area (Å²) in [4.78, 5) is 16.3. The van der Waals surface area contributed by atoms with Crippen LogP contribution in [-0.2, 0) is 6.42 Å². The zero-order valence-electron chi connectivity index (χ0n) is 8.45. The highest BCUT2D eigenvalue weighted by atomic mass is 35.5. The SMILES string of the molecule is Cc1nn2c(C)c(CCCl)c(=O)nc2s1. The van der Waals surface area contributed by atoms with Gasteiger partial charge in [0.2, 0.25) is 4.96 Å². The first-order valence-electron chi connectivity index (χ1n) is 4.55. The van der Waals surface area contributed by atoms with E-state index in [1.54, 1.807) is 4.52 Å². The van der Waals surface area contributed by atoms with Crippen LogP contribution in [0.4, 0.5) is 0 Å². The molecule has 15 heavy (non-hydrogen) atoms. The number of halogens is 1. The zero-order chi connectivity index (χ0) is 11.0.